The van der Waals surface area contributed by atoms with Gasteiger partial charge in [-0.2, -0.15) is 11.8 Å². The molecule has 1 aromatic rings. The highest BCUT2D eigenvalue weighted by molar-refractivity contribution is 14.0. The lowest BCUT2D eigenvalue weighted by molar-refractivity contribution is 0.306. The first kappa shape index (κ1) is 24.6. The van der Waals surface area contributed by atoms with E-state index in [1.54, 1.807) is 29.3 Å². The summed E-state index contributed by atoms with van der Waals surface area (Å²) in [4.78, 5) is 4.62. The monoisotopic (exact) mass is 530 g/mol. The zero-order valence-corrected chi connectivity index (χ0v) is 20.0. The van der Waals surface area contributed by atoms with Crippen molar-refractivity contribution >= 4 is 51.7 Å². The summed E-state index contributed by atoms with van der Waals surface area (Å²) < 4.78 is 30.9. The maximum atomic E-state index is 12.0. The molecule has 0 amide bonds. The number of guanidine groups is 1. The molecule has 0 aromatic carbocycles. The SMILES string of the molecule is CCS(=O)(=O)N1CCC(NC(=NCCSC)NCCc2ccco2)CC1.I. The molecule has 27 heavy (non-hydrogen) atoms. The van der Waals surface area contributed by atoms with E-state index in [9.17, 15) is 8.42 Å². The molecular formula is C17H31IN4O3S2. The van der Waals surface area contributed by atoms with Gasteiger partial charge in [0.1, 0.15) is 5.76 Å². The Labute approximate surface area is 184 Å². The van der Waals surface area contributed by atoms with Crippen molar-refractivity contribution in [1.82, 2.24) is 14.9 Å². The largest absolute Gasteiger partial charge is 0.469 e. The maximum Gasteiger partial charge on any atom is 0.213 e. The standard InChI is InChI=1S/C17H30N4O3S2.HI/c1-3-26(22,23)21-11-7-15(8-12-21)20-17(19-10-14-25-2)18-9-6-16-5-4-13-24-16;/h4-5,13,15H,3,6-12,14H2,1-2H3,(H2,18,19,20);1H. The number of rotatable bonds is 9. The lowest BCUT2D eigenvalue weighted by Crippen LogP contribution is -2.50. The molecule has 2 rings (SSSR count). The van der Waals surface area contributed by atoms with Crippen LogP contribution in [0, 0.1) is 0 Å². The second-order valence-corrected chi connectivity index (χ2v) is 9.44. The van der Waals surface area contributed by atoms with Crippen molar-refractivity contribution in [3.05, 3.63) is 24.2 Å². The molecule has 7 nitrogen and oxygen atoms in total. The number of nitrogens with zero attached hydrogens (tertiary/aromatic N) is 2. The third-order valence-corrected chi connectivity index (χ3v) is 6.83. The van der Waals surface area contributed by atoms with Crippen LogP contribution in [0.4, 0.5) is 0 Å². The van der Waals surface area contributed by atoms with Gasteiger partial charge in [0.2, 0.25) is 10.0 Å². The van der Waals surface area contributed by atoms with Gasteiger partial charge < -0.3 is 15.1 Å². The fourth-order valence-corrected chi connectivity index (χ4v) is 4.22. The van der Waals surface area contributed by atoms with Crippen LogP contribution in [0.15, 0.2) is 27.8 Å². The number of halogens is 1. The van der Waals surface area contributed by atoms with Crippen LogP contribution in [0.1, 0.15) is 25.5 Å². The third kappa shape index (κ3) is 8.61. The Morgan fingerprint density at radius 3 is 2.74 bits per heavy atom. The lowest BCUT2D eigenvalue weighted by Gasteiger charge is -2.32. The molecule has 10 heteroatoms. The van der Waals surface area contributed by atoms with E-state index in [2.05, 4.69) is 21.9 Å². The molecule has 0 atom stereocenters. The van der Waals surface area contributed by atoms with Gasteiger partial charge in [-0.05, 0) is 38.2 Å². The van der Waals surface area contributed by atoms with Crippen LogP contribution in [-0.4, -0.2) is 68.7 Å². The summed E-state index contributed by atoms with van der Waals surface area (Å²) in [6, 6.07) is 4.09. The van der Waals surface area contributed by atoms with Crippen LogP contribution in [0.3, 0.4) is 0 Å². The van der Waals surface area contributed by atoms with E-state index in [1.165, 1.54) is 0 Å². The Morgan fingerprint density at radius 1 is 1.41 bits per heavy atom. The molecule has 0 radical (unpaired) electrons. The van der Waals surface area contributed by atoms with Crippen LogP contribution in [0.5, 0.6) is 0 Å². The highest BCUT2D eigenvalue weighted by Gasteiger charge is 2.27. The van der Waals surface area contributed by atoms with Crippen LogP contribution >= 0.6 is 35.7 Å². The Balaban J connectivity index is 0.00000364. The van der Waals surface area contributed by atoms with E-state index >= 15 is 0 Å². The molecule has 0 aliphatic carbocycles. The molecule has 0 spiro atoms. The Kier molecular flexibility index (Phi) is 11.7. The summed E-state index contributed by atoms with van der Waals surface area (Å²) in [6.45, 7) is 4.32. The van der Waals surface area contributed by atoms with Gasteiger partial charge in [0, 0.05) is 37.8 Å². The van der Waals surface area contributed by atoms with Gasteiger partial charge in [0.15, 0.2) is 5.96 Å². The van der Waals surface area contributed by atoms with Gasteiger partial charge in [-0.3, -0.25) is 4.99 Å². The summed E-state index contributed by atoms with van der Waals surface area (Å²) >= 11 is 1.77. The predicted molar refractivity (Wildman–Crippen MR) is 124 cm³/mol. The summed E-state index contributed by atoms with van der Waals surface area (Å²) in [5.41, 5.74) is 0. The first-order chi connectivity index (χ1) is 12.5. The van der Waals surface area contributed by atoms with Crippen molar-refractivity contribution < 1.29 is 12.8 Å². The van der Waals surface area contributed by atoms with E-state index in [-0.39, 0.29) is 35.8 Å². The molecule has 2 heterocycles. The topological polar surface area (TPSA) is 86.9 Å². The van der Waals surface area contributed by atoms with Crippen molar-refractivity contribution in [2.45, 2.75) is 32.2 Å². The molecule has 1 aliphatic rings. The fraction of sp³-hybridized carbons (Fsp3) is 0.706. The quantitative estimate of drug-likeness (QED) is 0.220. The number of thioether (sulfide) groups is 1. The number of aliphatic imine (C=N–C) groups is 1. The maximum absolute atomic E-state index is 12.0. The van der Waals surface area contributed by atoms with E-state index < -0.39 is 10.0 Å². The average molecular weight is 530 g/mol. The van der Waals surface area contributed by atoms with Gasteiger partial charge in [-0.1, -0.05) is 0 Å². The zero-order valence-electron chi connectivity index (χ0n) is 16.0. The minimum atomic E-state index is -3.08. The van der Waals surface area contributed by atoms with Gasteiger partial charge in [-0.25, -0.2) is 12.7 Å². The number of furan rings is 1. The number of hydrogen-bond acceptors (Lipinski definition) is 5. The Bertz CT molecular complexity index is 645. The third-order valence-electron chi connectivity index (χ3n) is 4.36. The first-order valence-electron chi connectivity index (χ1n) is 9.09. The summed E-state index contributed by atoms with van der Waals surface area (Å²) in [5, 5.41) is 6.82. The number of sulfonamides is 1. The fourth-order valence-electron chi connectivity index (χ4n) is 2.81. The summed E-state index contributed by atoms with van der Waals surface area (Å²) in [5.74, 6) is 2.88. The second-order valence-electron chi connectivity index (χ2n) is 6.20. The number of hydrogen-bond donors (Lipinski definition) is 2. The molecule has 0 unspecified atom stereocenters. The van der Waals surface area contributed by atoms with Gasteiger partial charge in [-0.15, -0.1) is 24.0 Å². The zero-order chi connectivity index (χ0) is 18.8. The van der Waals surface area contributed by atoms with Crippen molar-refractivity contribution in [1.29, 1.82) is 0 Å². The van der Waals surface area contributed by atoms with Crippen molar-refractivity contribution in [3.8, 4) is 0 Å². The molecule has 156 valence electrons. The first-order valence-corrected chi connectivity index (χ1v) is 12.1. The summed E-state index contributed by atoms with van der Waals surface area (Å²) in [6.07, 6.45) is 6.13. The van der Waals surface area contributed by atoms with Crippen LogP contribution in [-0.2, 0) is 16.4 Å². The van der Waals surface area contributed by atoms with Gasteiger partial charge in [0.05, 0.1) is 18.6 Å². The van der Waals surface area contributed by atoms with E-state index in [0.29, 0.717) is 13.1 Å². The van der Waals surface area contributed by atoms with Gasteiger partial charge >= 0.3 is 0 Å². The lowest BCUT2D eigenvalue weighted by atomic mass is 10.1. The average Bonchev–Trinajstić information content (AvgIpc) is 3.15. The molecule has 1 aromatic heterocycles. The van der Waals surface area contributed by atoms with Crippen molar-refractivity contribution in [2.24, 2.45) is 4.99 Å². The Hall–Kier alpha value is -0.460. The van der Waals surface area contributed by atoms with E-state index in [0.717, 1.165) is 49.8 Å². The van der Waals surface area contributed by atoms with Crippen LogP contribution in [0.25, 0.3) is 0 Å². The van der Waals surface area contributed by atoms with E-state index in [1.807, 2.05) is 12.1 Å². The molecule has 0 bridgehead atoms. The molecular weight excluding hydrogens is 499 g/mol. The molecule has 1 aliphatic heterocycles. The molecule has 2 N–H and O–H groups in total. The highest BCUT2D eigenvalue weighted by Crippen LogP contribution is 2.14. The molecule has 1 fully saturated rings. The van der Waals surface area contributed by atoms with Crippen molar-refractivity contribution in [2.75, 3.05) is 43.9 Å². The Morgan fingerprint density at radius 2 is 2.15 bits per heavy atom. The number of nitrogens with one attached hydrogen (secondary N) is 2. The van der Waals surface area contributed by atoms with Crippen molar-refractivity contribution in [3.63, 3.8) is 0 Å². The normalized spacial score (nSPS) is 16.7. The minimum Gasteiger partial charge on any atom is -0.469 e. The molecule has 1 saturated heterocycles. The van der Waals surface area contributed by atoms with E-state index in [4.69, 9.17) is 4.42 Å². The minimum absolute atomic E-state index is 0. The smallest absolute Gasteiger partial charge is 0.213 e. The van der Waals surface area contributed by atoms with Crippen LogP contribution < -0.4 is 10.6 Å². The number of piperidine rings is 1. The predicted octanol–water partition coefficient (Wildman–Crippen LogP) is 2.15. The summed E-state index contributed by atoms with van der Waals surface area (Å²) in [7, 11) is -3.08. The van der Waals surface area contributed by atoms with Crippen LogP contribution in [0.2, 0.25) is 0 Å². The molecule has 0 saturated carbocycles. The van der Waals surface area contributed by atoms with Gasteiger partial charge in [0.25, 0.3) is 0 Å². The second kappa shape index (κ2) is 12.9. The highest BCUT2D eigenvalue weighted by atomic mass is 127.